The molecule has 5 heteroatoms. The first-order chi connectivity index (χ1) is 14.3. The van der Waals surface area contributed by atoms with Crippen LogP contribution in [0.4, 0.5) is 0 Å². The van der Waals surface area contributed by atoms with E-state index in [0.717, 1.165) is 13.0 Å². The molecule has 0 bridgehead atoms. The number of carbonyl (C=O) groups excluding carboxylic acids is 1. The molecule has 0 saturated carbocycles. The van der Waals surface area contributed by atoms with Crippen molar-refractivity contribution in [1.29, 1.82) is 0 Å². The summed E-state index contributed by atoms with van der Waals surface area (Å²) in [6.07, 6.45) is 22.2. The highest BCUT2D eigenvalue weighted by molar-refractivity contribution is 5.77. The second-order valence-corrected chi connectivity index (χ2v) is 8.23. The van der Waals surface area contributed by atoms with E-state index < -0.39 is 0 Å². The third kappa shape index (κ3) is 25.3. The van der Waals surface area contributed by atoms with Gasteiger partial charge in [0.2, 0.25) is 5.91 Å². The van der Waals surface area contributed by atoms with Crippen molar-refractivity contribution < 1.29 is 9.53 Å². The second-order valence-electron chi connectivity index (χ2n) is 8.23. The van der Waals surface area contributed by atoms with E-state index in [-0.39, 0.29) is 5.91 Å². The maximum atomic E-state index is 11.6. The fraction of sp³-hybridized carbons (Fsp3) is 0.958. The number of amides is 1. The minimum Gasteiger partial charge on any atom is -0.378 e. The largest absolute Gasteiger partial charge is 0.378 e. The van der Waals surface area contributed by atoms with Gasteiger partial charge >= 0.3 is 0 Å². The Hall–Kier alpha value is -0.650. The standard InChI is InChI=1S/C24H51N3O2/c1-2-3-4-5-6-7-8-9-10-11-12-13-14-15-16-17-19-26-23-24(28)27-20-22-29-21-18-25/h26H,2-23,25H2,1H3,(H,27,28). The Bertz CT molecular complexity index is 327. The fourth-order valence-electron chi connectivity index (χ4n) is 3.51. The van der Waals surface area contributed by atoms with E-state index in [0.29, 0.717) is 32.8 Å². The first-order valence-corrected chi connectivity index (χ1v) is 12.6. The smallest absolute Gasteiger partial charge is 0.234 e. The van der Waals surface area contributed by atoms with Crippen LogP contribution in [0.1, 0.15) is 110 Å². The zero-order valence-corrected chi connectivity index (χ0v) is 19.5. The Labute approximate surface area is 181 Å². The van der Waals surface area contributed by atoms with Crippen LogP contribution in [0.2, 0.25) is 0 Å². The molecule has 0 radical (unpaired) electrons. The van der Waals surface area contributed by atoms with Crippen LogP contribution in [0.5, 0.6) is 0 Å². The Kier molecular flexibility index (Phi) is 24.8. The topological polar surface area (TPSA) is 76.4 Å². The number of unbranched alkanes of at least 4 members (excludes halogenated alkanes) is 15. The number of hydrogen-bond donors (Lipinski definition) is 3. The van der Waals surface area contributed by atoms with E-state index in [4.69, 9.17) is 10.5 Å². The molecule has 0 aliphatic heterocycles. The first-order valence-electron chi connectivity index (χ1n) is 12.6. The second kappa shape index (κ2) is 25.4. The highest BCUT2D eigenvalue weighted by Crippen LogP contribution is 2.13. The van der Waals surface area contributed by atoms with Crippen molar-refractivity contribution in [2.24, 2.45) is 5.73 Å². The molecule has 0 aliphatic rings. The average Bonchev–Trinajstić information content (AvgIpc) is 2.72. The summed E-state index contributed by atoms with van der Waals surface area (Å²) in [4.78, 5) is 11.6. The van der Waals surface area contributed by atoms with E-state index in [2.05, 4.69) is 17.6 Å². The Balaban J connectivity index is 3.08. The molecule has 0 spiro atoms. The number of ether oxygens (including phenoxy) is 1. The molecule has 0 atom stereocenters. The summed E-state index contributed by atoms with van der Waals surface area (Å²) < 4.78 is 5.21. The van der Waals surface area contributed by atoms with Gasteiger partial charge in [0.1, 0.15) is 0 Å². The van der Waals surface area contributed by atoms with Gasteiger partial charge in [0.15, 0.2) is 0 Å². The van der Waals surface area contributed by atoms with Gasteiger partial charge in [-0.3, -0.25) is 4.79 Å². The zero-order valence-electron chi connectivity index (χ0n) is 19.5. The van der Waals surface area contributed by atoms with E-state index in [1.807, 2.05) is 0 Å². The van der Waals surface area contributed by atoms with Crippen molar-refractivity contribution in [2.45, 2.75) is 110 Å². The van der Waals surface area contributed by atoms with Crippen molar-refractivity contribution in [2.75, 3.05) is 39.4 Å². The maximum absolute atomic E-state index is 11.6. The summed E-state index contributed by atoms with van der Waals surface area (Å²) >= 11 is 0. The summed E-state index contributed by atoms with van der Waals surface area (Å²) in [5.41, 5.74) is 5.33. The quantitative estimate of drug-likeness (QED) is 0.196. The molecule has 0 aromatic rings. The Morgan fingerprint density at radius 3 is 1.66 bits per heavy atom. The third-order valence-electron chi connectivity index (χ3n) is 5.32. The highest BCUT2D eigenvalue weighted by atomic mass is 16.5. The molecule has 174 valence electrons. The summed E-state index contributed by atoms with van der Waals surface area (Å²) in [5.74, 6) is 0.0397. The van der Waals surface area contributed by atoms with Crippen molar-refractivity contribution in [3.63, 3.8) is 0 Å². The van der Waals surface area contributed by atoms with Crippen molar-refractivity contribution >= 4 is 5.91 Å². The Morgan fingerprint density at radius 2 is 1.17 bits per heavy atom. The van der Waals surface area contributed by atoms with Gasteiger partial charge in [0.05, 0.1) is 19.8 Å². The predicted molar refractivity (Wildman–Crippen MR) is 125 cm³/mol. The number of hydrogen-bond acceptors (Lipinski definition) is 4. The lowest BCUT2D eigenvalue weighted by Crippen LogP contribution is -2.36. The van der Waals surface area contributed by atoms with E-state index in [1.165, 1.54) is 96.3 Å². The number of carbonyl (C=O) groups is 1. The molecule has 0 saturated heterocycles. The molecule has 0 aromatic carbocycles. The van der Waals surface area contributed by atoms with E-state index >= 15 is 0 Å². The minimum atomic E-state index is 0.0397. The van der Waals surface area contributed by atoms with Crippen LogP contribution in [0.25, 0.3) is 0 Å². The van der Waals surface area contributed by atoms with E-state index in [1.54, 1.807) is 0 Å². The molecular formula is C24H51N3O2. The third-order valence-corrected chi connectivity index (χ3v) is 5.32. The van der Waals surface area contributed by atoms with Crippen LogP contribution in [-0.2, 0) is 9.53 Å². The van der Waals surface area contributed by atoms with Crippen LogP contribution < -0.4 is 16.4 Å². The number of nitrogens with two attached hydrogens (primary N) is 1. The molecule has 0 aliphatic carbocycles. The molecule has 0 rings (SSSR count). The molecule has 1 amide bonds. The molecule has 0 aromatic heterocycles. The fourth-order valence-corrected chi connectivity index (χ4v) is 3.51. The average molecular weight is 414 g/mol. The number of nitrogens with one attached hydrogen (secondary N) is 2. The lowest BCUT2D eigenvalue weighted by atomic mass is 10.0. The molecule has 5 nitrogen and oxygen atoms in total. The van der Waals surface area contributed by atoms with Crippen LogP contribution in [-0.4, -0.2) is 45.3 Å². The van der Waals surface area contributed by atoms with E-state index in [9.17, 15) is 4.79 Å². The molecule has 29 heavy (non-hydrogen) atoms. The summed E-state index contributed by atoms with van der Waals surface area (Å²) in [7, 11) is 0. The van der Waals surface area contributed by atoms with Crippen LogP contribution in [0.3, 0.4) is 0 Å². The molecular weight excluding hydrogens is 362 g/mol. The highest BCUT2D eigenvalue weighted by Gasteiger charge is 1.99. The van der Waals surface area contributed by atoms with Crippen LogP contribution in [0.15, 0.2) is 0 Å². The lowest BCUT2D eigenvalue weighted by Gasteiger charge is -2.07. The molecule has 4 N–H and O–H groups in total. The van der Waals surface area contributed by atoms with Gasteiger partial charge in [-0.25, -0.2) is 0 Å². The van der Waals surface area contributed by atoms with Gasteiger partial charge in [-0.15, -0.1) is 0 Å². The van der Waals surface area contributed by atoms with Crippen molar-refractivity contribution in [3.8, 4) is 0 Å². The SMILES string of the molecule is CCCCCCCCCCCCCCCCCCNCC(=O)NCCOCCN. The van der Waals surface area contributed by atoms with Gasteiger partial charge in [-0.1, -0.05) is 103 Å². The number of rotatable bonds is 24. The maximum Gasteiger partial charge on any atom is 0.234 e. The summed E-state index contributed by atoms with van der Waals surface area (Å²) in [6, 6.07) is 0. The normalized spacial score (nSPS) is 11.1. The lowest BCUT2D eigenvalue weighted by molar-refractivity contribution is -0.120. The van der Waals surface area contributed by atoms with Crippen LogP contribution in [0, 0.1) is 0 Å². The van der Waals surface area contributed by atoms with Gasteiger partial charge in [0, 0.05) is 13.1 Å². The zero-order chi connectivity index (χ0) is 21.3. The Morgan fingerprint density at radius 1 is 0.690 bits per heavy atom. The molecule has 0 unspecified atom stereocenters. The summed E-state index contributed by atoms with van der Waals surface area (Å²) in [5, 5.41) is 6.05. The molecule has 0 fully saturated rings. The van der Waals surface area contributed by atoms with Crippen LogP contribution >= 0.6 is 0 Å². The van der Waals surface area contributed by atoms with Crippen molar-refractivity contribution in [3.05, 3.63) is 0 Å². The van der Waals surface area contributed by atoms with Crippen molar-refractivity contribution in [1.82, 2.24) is 10.6 Å². The first kappa shape index (κ1) is 28.4. The van der Waals surface area contributed by atoms with Gasteiger partial charge in [-0.05, 0) is 13.0 Å². The van der Waals surface area contributed by atoms with Gasteiger partial charge in [0.25, 0.3) is 0 Å². The monoisotopic (exact) mass is 413 g/mol. The minimum absolute atomic E-state index is 0.0397. The molecule has 0 heterocycles. The van der Waals surface area contributed by atoms with Gasteiger partial charge in [-0.2, -0.15) is 0 Å². The summed E-state index contributed by atoms with van der Waals surface area (Å²) in [6.45, 7) is 5.76. The van der Waals surface area contributed by atoms with Gasteiger partial charge < -0.3 is 21.1 Å². The predicted octanol–water partition coefficient (Wildman–Crippen LogP) is 4.93.